The Kier molecular flexibility index (Phi) is 7.50. The predicted molar refractivity (Wildman–Crippen MR) is 246 cm³/mol. The van der Waals surface area contributed by atoms with E-state index < -0.39 is 0 Å². The highest BCUT2D eigenvalue weighted by atomic mass is 16.3. The lowest BCUT2D eigenvalue weighted by Crippen LogP contribution is -2.10. The van der Waals surface area contributed by atoms with E-state index in [2.05, 4.69) is 185 Å². The standard InChI is InChI=1S/C55H35N3O/c1-3-14-40(15-4-1)55-56-49-20-11-21-51(54(49)59-55)57(44-31-26-39-23-22-37-12-7-9-18-45(37)48(39)35-44)43-29-24-36(25-30-43)41-27-32-47-52(34-41)58(42-16-5-2-6-17-42)50-33-28-38-13-8-10-19-46(38)53(47)50/h1-35H. The first-order chi connectivity index (χ1) is 29.2. The molecule has 2 heterocycles. The Labute approximate surface area is 340 Å². The predicted octanol–water partition coefficient (Wildman–Crippen LogP) is 15.2. The quantitative estimate of drug-likeness (QED) is 0.159. The van der Waals surface area contributed by atoms with Crippen LogP contribution in [0.1, 0.15) is 0 Å². The summed E-state index contributed by atoms with van der Waals surface area (Å²) in [5.41, 5.74) is 11.3. The zero-order valence-corrected chi connectivity index (χ0v) is 32.0. The second-order valence-electron chi connectivity index (χ2n) is 15.2. The van der Waals surface area contributed by atoms with Gasteiger partial charge in [0.05, 0.1) is 16.7 Å². The van der Waals surface area contributed by atoms with Crippen LogP contribution < -0.4 is 4.90 Å². The number of rotatable bonds is 6. The molecule has 0 atom stereocenters. The summed E-state index contributed by atoms with van der Waals surface area (Å²) in [5.74, 6) is 0.601. The van der Waals surface area contributed by atoms with Crippen molar-refractivity contribution in [2.45, 2.75) is 0 Å². The number of benzene rings is 10. The molecule has 0 amide bonds. The maximum absolute atomic E-state index is 6.65. The summed E-state index contributed by atoms with van der Waals surface area (Å²) in [6.07, 6.45) is 0. The summed E-state index contributed by atoms with van der Waals surface area (Å²) >= 11 is 0. The first-order valence-corrected chi connectivity index (χ1v) is 20.0. The highest BCUT2D eigenvalue weighted by Gasteiger charge is 2.21. The molecule has 0 bridgehead atoms. The summed E-state index contributed by atoms with van der Waals surface area (Å²) in [7, 11) is 0. The van der Waals surface area contributed by atoms with Gasteiger partial charge in [0.2, 0.25) is 5.89 Å². The number of hydrogen-bond donors (Lipinski definition) is 0. The minimum absolute atomic E-state index is 0.601. The van der Waals surface area contributed by atoms with Gasteiger partial charge in [0.25, 0.3) is 0 Å². The van der Waals surface area contributed by atoms with Crippen LogP contribution in [0.25, 0.3) is 93.5 Å². The third kappa shape index (κ3) is 5.42. The van der Waals surface area contributed by atoms with Crippen molar-refractivity contribution >= 4 is 82.3 Å². The van der Waals surface area contributed by atoms with Gasteiger partial charge in [0, 0.05) is 33.4 Å². The van der Waals surface area contributed by atoms with Crippen molar-refractivity contribution in [2.24, 2.45) is 0 Å². The van der Waals surface area contributed by atoms with Gasteiger partial charge in [0.1, 0.15) is 5.52 Å². The summed E-state index contributed by atoms with van der Waals surface area (Å²) in [4.78, 5) is 7.25. The van der Waals surface area contributed by atoms with Crippen molar-refractivity contribution < 1.29 is 4.42 Å². The molecular weight excluding hydrogens is 719 g/mol. The Hall–Kier alpha value is -7.95. The Bertz CT molecular complexity index is 3550. The fraction of sp³-hybridized carbons (Fsp3) is 0. The first kappa shape index (κ1) is 33.2. The lowest BCUT2D eigenvalue weighted by molar-refractivity contribution is 0.620. The third-order valence-corrected chi connectivity index (χ3v) is 11.8. The minimum Gasteiger partial charge on any atom is -0.434 e. The molecule has 2 aromatic heterocycles. The van der Waals surface area contributed by atoms with Crippen molar-refractivity contribution in [2.75, 3.05) is 4.90 Å². The molecule has 0 aliphatic heterocycles. The van der Waals surface area contributed by atoms with E-state index in [1.165, 1.54) is 54.1 Å². The van der Waals surface area contributed by atoms with Crippen molar-refractivity contribution in [1.29, 1.82) is 0 Å². The van der Waals surface area contributed by atoms with Gasteiger partial charge in [-0.2, -0.15) is 0 Å². The van der Waals surface area contributed by atoms with Crippen molar-refractivity contribution in [3.05, 3.63) is 212 Å². The maximum Gasteiger partial charge on any atom is 0.227 e. The van der Waals surface area contributed by atoms with Crippen molar-refractivity contribution in [3.63, 3.8) is 0 Å². The van der Waals surface area contributed by atoms with Gasteiger partial charge in [-0.1, -0.05) is 140 Å². The average molecular weight is 754 g/mol. The van der Waals surface area contributed by atoms with Crippen LogP contribution in [0.4, 0.5) is 17.1 Å². The molecule has 276 valence electrons. The van der Waals surface area contributed by atoms with Crippen LogP contribution in [-0.2, 0) is 0 Å². The third-order valence-electron chi connectivity index (χ3n) is 11.8. The van der Waals surface area contributed by atoms with E-state index in [4.69, 9.17) is 9.40 Å². The SMILES string of the molecule is c1ccc(-c2nc3cccc(N(c4ccc(-c5ccc6c7c8ccccc8ccc7n(-c7ccccc7)c6c5)cc4)c4ccc5ccc6ccccc6c5c4)c3o2)cc1. The summed E-state index contributed by atoms with van der Waals surface area (Å²) in [5, 5.41) is 9.87. The molecule has 12 aromatic rings. The zero-order valence-electron chi connectivity index (χ0n) is 32.0. The summed E-state index contributed by atoms with van der Waals surface area (Å²) in [6, 6.07) is 75.8. The number of fused-ring (bicyclic) bond motifs is 9. The molecule has 12 rings (SSSR count). The molecular formula is C55H35N3O. The number of hydrogen-bond acceptors (Lipinski definition) is 3. The molecule has 0 saturated carbocycles. The number of aromatic nitrogens is 2. The van der Waals surface area contributed by atoms with Crippen molar-refractivity contribution in [1.82, 2.24) is 9.55 Å². The molecule has 0 N–H and O–H groups in total. The zero-order chi connectivity index (χ0) is 38.9. The van der Waals surface area contributed by atoms with Crippen LogP contribution in [0.15, 0.2) is 217 Å². The molecule has 4 nitrogen and oxygen atoms in total. The molecule has 59 heavy (non-hydrogen) atoms. The minimum atomic E-state index is 0.601. The van der Waals surface area contributed by atoms with E-state index in [-0.39, 0.29) is 0 Å². The second kappa shape index (κ2) is 13.3. The average Bonchev–Trinajstić information content (AvgIpc) is 3.90. The Morgan fingerprint density at radius 2 is 1.05 bits per heavy atom. The number of oxazole rings is 1. The molecule has 0 aliphatic rings. The molecule has 0 unspecified atom stereocenters. The largest absolute Gasteiger partial charge is 0.434 e. The Balaban J connectivity index is 1.03. The highest BCUT2D eigenvalue weighted by Crippen LogP contribution is 2.43. The van der Waals surface area contributed by atoms with Gasteiger partial charge in [-0.05, 0) is 116 Å². The lowest BCUT2D eigenvalue weighted by atomic mass is 10.00. The maximum atomic E-state index is 6.65. The number of para-hydroxylation sites is 2. The van der Waals surface area contributed by atoms with Gasteiger partial charge in [-0.25, -0.2) is 4.98 Å². The molecule has 10 aromatic carbocycles. The van der Waals surface area contributed by atoms with Crippen LogP contribution in [-0.4, -0.2) is 9.55 Å². The molecule has 0 fully saturated rings. The normalized spacial score (nSPS) is 11.7. The van der Waals surface area contributed by atoms with Gasteiger partial charge < -0.3 is 13.9 Å². The van der Waals surface area contributed by atoms with E-state index >= 15 is 0 Å². The lowest BCUT2D eigenvalue weighted by Gasteiger charge is -2.26. The number of anilines is 3. The van der Waals surface area contributed by atoms with Crippen molar-refractivity contribution in [3.8, 4) is 28.3 Å². The van der Waals surface area contributed by atoms with Gasteiger partial charge in [-0.15, -0.1) is 0 Å². The van der Waals surface area contributed by atoms with Crippen LogP contribution >= 0.6 is 0 Å². The van der Waals surface area contributed by atoms with Crippen LogP contribution in [0.2, 0.25) is 0 Å². The van der Waals surface area contributed by atoms with E-state index in [0.717, 1.165) is 50.5 Å². The van der Waals surface area contributed by atoms with Crippen LogP contribution in [0, 0.1) is 0 Å². The second-order valence-corrected chi connectivity index (χ2v) is 15.2. The fourth-order valence-corrected chi connectivity index (χ4v) is 9.00. The van der Waals surface area contributed by atoms with Gasteiger partial charge in [0.15, 0.2) is 5.58 Å². The monoisotopic (exact) mass is 753 g/mol. The summed E-state index contributed by atoms with van der Waals surface area (Å²) < 4.78 is 9.05. The fourth-order valence-electron chi connectivity index (χ4n) is 9.00. The molecule has 0 saturated heterocycles. The topological polar surface area (TPSA) is 34.2 Å². The highest BCUT2D eigenvalue weighted by molar-refractivity contribution is 6.21. The molecule has 0 aliphatic carbocycles. The Morgan fingerprint density at radius 1 is 0.407 bits per heavy atom. The molecule has 4 heteroatoms. The number of nitrogens with zero attached hydrogens (tertiary/aromatic N) is 3. The smallest absolute Gasteiger partial charge is 0.227 e. The first-order valence-electron chi connectivity index (χ1n) is 20.0. The van der Waals surface area contributed by atoms with Gasteiger partial charge in [-0.3, -0.25) is 0 Å². The summed E-state index contributed by atoms with van der Waals surface area (Å²) in [6.45, 7) is 0. The van der Waals surface area contributed by atoms with Crippen LogP contribution in [0.5, 0.6) is 0 Å². The van der Waals surface area contributed by atoms with E-state index in [1.807, 2.05) is 36.4 Å². The Morgan fingerprint density at radius 3 is 1.86 bits per heavy atom. The van der Waals surface area contributed by atoms with E-state index in [0.29, 0.717) is 5.89 Å². The van der Waals surface area contributed by atoms with E-state index in [1.54, 1.807) is 0 Å². The van der Waals surface area contributed by atoms with Gasteiger partial charge >= 0.3 is 0 Å². The van der Waals surface area contributed by atoms with Crippen LogP contribution in [0.3, 0.4) is 0 Å². The molecule has 0 radical (unpaired) electrons. The van der Waals surface area contributed by atoms with E-state index in [9.17, 15) is 0 Å². The molecule has 0 spiro atoms.